The van der Waals surface area contributed by atoms with Crippen LogP contribution in [0.3, 0.4) is 0 Å². The molecule has 0 aliphatic carbocycles. The van der Waals surface area contributed by atoms with Gasteiger partial charge in [0.1, 0.15) is 0 Å². The van der Waals surface area contributed by atoms with E-state index in [4.69, 9.17) is 0 Å². The van der Waals surface area contributed by atoms with E-state index in [9.17, 15) is 18.0 Å². The summed E-state index contributed by atoms with van der Waals surface area (Å²) in [6.45, 7) is 7.53. The van der Waals surface area contributed by atoms with Crippen LogP contribution in [0.5, 0.6) is 0 Å². The highest BCUT2D eigenvalue weighted by Gasteiger charge is 2.28. The highest BCUT2D eigenvalue weighted by Crippen LogP contribution is 2.36. The van der Waals surface area contributed by atoms with Gasteiger partial charge in [0.05, 0.1) is 16.9 Å². The Kier molecular flexibility index (Phi) is 7.16. The van der Waals surface area contributed by atoms with E-state index in [1.807, 2.05) is 13.8 Å². The van der Waals surface area contributed by atoms with Crippen molar-refractivity contribution in [2.24, 2.45) is 0 Å². The Bertz CT molecular complexity index is 1290. The van der Waals surface area contributed by atoms with Crippen molar-refractivity contribution in [2.75, 3.05) is 45.6 Å². The monoisotopic (exact) mass is 499 g/mol. The van der Waals surface area contributed by atoms with Crippen LogP contribution in [0.25, 0.3) is 11.6 Å². The average molecular weight is 500 g/mol. The number of anilines is 1. The van der Waals surface area contributed by atoms with Gasteiger partial charge in [0.2, 0.25) is 15.9 Å². The van der Waals surface area contributed by atoms with E-state index in [0.717, 1.165) is 46.5 Å². The summed E-state index contributed by atoms with van der Waals surface area (Å²) in [5.74, 6) is -0.330. The van der Waals surface area contributed by atoms with Crippen molar-refractivity contribution in [1.29, 1.82) is 0 Å². The molecule has 0 spiro atoms. The lowest BCUT2D eigenvalue weighted by Crippen LogP contribution is -2.34. The highest BCUT2D eigenvalue weighted by atomic mass is 32.2. The number of hydrogen-bond acceptors (Lipinski definition) is 5. The van der Waals surface area contributed by atoms with Gasteiger partial charge in [-0.25, -0.2) is 12.7 Å². The number of aromatic nitrogens is 1. The van der Waals surface area contributed by atoms with Crippen molar-refractivity contribution in [3.63, 3.8) is 0 Å². The Morgan fingerprint density at radius 1 is 1.20 bits per heavy atom. The van der Waals surface area contributed by atoms with Gasteiger partial charge in [0, 0.05) is 49.8 Å². The fourth-order valence-electron chi connectivity index (χ4n) is 4.63. The zero-order valence-corrected chi connectivity index (χ0v) is 21.5. The summed E-state index contributed by atoms with van der Waals surface area (Å²) >= 11 is 0. The first-order valence-electron chi connectivity index (χ1n) is 11.8. The second-order valence-electron chi connectivity index (χ2n) is 9.35. The largest absolute Gasteiger partial charge is 0.359 e. The minimum atomic E-state index is -3.64. The van der Waals surface area contributed by atoms with E-state index in [0.29, 0.717) is 23.4 Å². The molecule has 2 amide bonds. The lowest BCUT2D eigenvalue weighted by Gasteiger charge is -2.14. The minimum absolute atomic E-state index is 0.0314. The molecule has 0 bridgehead atoms. The molecule has 0 radical (unpaired) electrons. The lowest BCUT2D eigenvalue weighted by atomic mass is 10.0. The maximum atomic E-state index is 12.7. The number of rotatable bonds is 8. The van der Waals surface area contributed by atoms with Gasteiger partial charge in [-0.15, -0.1) is 0 Å². The summed E-state index contributed by atoms with van der Waals surface area (Å²) in [5, 5.41) is 5.81. The van der Waals surface area contributed by atoms with Crippen LogP contribution in [0.1, 0.15) is 40.9 Å². The van der Waals surface area contributed by atoms with E-state index < -0.39 is 10.0 Å². The van der Waals surface area contributed by atoms with E-state index in [1.165, 1.54) is 39.1 Å². The number of carbonyl (C=O) groups excluding carboxylic acids is 2. The predicted octanol–water partition coefficient (Wildman–Crippen LogP) is 2.13. The topological polar surface area (TPSA) is 115 Å². The molecular weight excluding hydrogens is 466 g/mol. The Hall–Kier alpha value is -2.95. The molecular formula is C25H33N5O4S. The molecule has 1 saturated heterocycles. The maximum Gasteiger partial charge on any atom is 0.256 e. The fraction of sp³-hybridized carbons (Fsp3) is 0.440. The summed E-state index contributed by atoms with van der Waals surface area (Å²) in [4.78, 5) is 31.0. The third-order valence-electron chi connectivity index (χ3n) is 6.76. The van der Waals surface area contributed by atoms with Gasteiger partial charge < -0.3 is 20.5 Å². The maximum absolute atomic E-state index is 12.7. The summed E-state index contributed by atoms with van der Waals surface area (Å²) in [6, 6.07) is 4.62. The van der Waals surface area contributed by atoms with Crippen molar-refractivity contribution in [1.82, 2.24) is 19.5 Å². The molecule has 4 rings (SSSR count). The van der Waals surface area contributed by atoms with Crippen molar-refractivity contribution in [2.45, 2.75) is 38.0 Å². The van der Waals surface area contributed by atoms with Crippen molar-refractivity contribution in [3.8, 4) is 0 Å². The van der Waals surface area contributed by atoms with Crippen LogP contribution in [0.2, 0.25) is 0 Å². The number of fused-ring (bicyclic) bond motifs is 1. The molecule has 1 aromatic heterocycles. The van der Waals surface area contributed by atoms with Crippen molar-refractivity contribution in [3.05, 3.63) is 46.3 Å². The van der Waals surface area contributed by atoms with Crippen LogP contribution in [-0.4, -0.2) is 74.7 Å². The smallest absolute Gasteiger partial charge is 0.256 e. The number of nitrogens with one attached hydrogen (secondary N) is 3. The molecule has 2 aliphatic rings. The standard InChI is InChI=1S/C25H33N5O4S/c1-16-19(15-24(31)26-9-12-30-10-5-6-11-30)17(2)27-23(16)14-21-20-13-18(35(33,34)29(3)4)7-8-22(20)28-25(21)32/h7-8,13-14,27H,5-6,9-12,15H2,1-4H3,(H,26,31)(H,28,32)/b21-14-. The molecule has 0 unspecified atom stereocenters. The Balaban J connectivity index is 1.54. The van der Waals surface area contributed by atoms with E-state index in [2.05, 4.69) is 20.5 Å². The van der Waals surface area contributed by atoms with E-state index >= 15 is 0 Å². The number of H-pyrrole nitrogens is 1. The molecule has 3 heterocycles. The van der Waals surface area contributed by atoms with Crippen LogP contribution in [0.15, 0.2) is 23.1 Å². The molecule has 1 fully saturated rings. The minimum Gasteiger partial charge on any atom is -0.359 e. The Labute approximate surface area is 206 Å². The average Bonchev–Trinajstić information content (AvgIpc) is 3.49. The third kappa shape index (κ3) is 5.19. The summed E-state index contributed by atoms with van der Waals surface area (Å²) in [7, 11) is -0.698. The van der Waals surface area contributed by atoms with Crippen LogP contribution in [-0.2, 0) is 26.0 Å². The predicted molar refractivity (Wildman–Crippen MR) is 136 cm³/mol. The third-order valence-corrected chi connectivity index (χ3v) is 8.57. The van der Waals surface area contributed by atoms with Crippen LogP contribution in [0, 0.1) is 13.8 Å². The van der Waals surface area contributed by atoms with Gasteiger partial charge in [-0.3, -0.25) is 9.59 Å². The number of hydrogen-bond donors (Lipinski definition) is 3. The zero-order valence-electron chi connectivity index (χ0n) is 20.7. The number of nitrogens with zero attached hydrogens (tertiary/aromatic N) is 2. The Morgan fingerprint density at radius 3 is 2.60 bits per heavy atom. The second kappa shape index (κ2) is 9.96. The van der Waals surface area contributed by atoms with Gasteiger partial charge in [-0.05, 0) is 75.2 Å². The SMILES string of the molecule is Cc1[nH]c(/C=C2\C(=O)Nc3ccc(S(=O)(=O)N(C)C)cc32)c(C)c1CC(=O)NCCN1CCCC1. The molecule has 3 N–H and O–H groups in total. The fourth-order valence-corrected chi connectivity index (χ4v) is 5.56. The summed E-state index contributed by atoms with van der Waals surface area (Å²) in [5.41, 5.74) is 4.86. The molecule has 2 aliphatic heterocycles. The van der Waals surface area contributed by atoms with Crippen LogP contribution in [0.4, 0.5) is 5.69 Å². The number of amides is 2. The normalized spacial score (nSPS) is 17.3. The van der Waals surface area contributed by atoms with Crippen molar-refractivity contribution < 1.29 is 18.0 Å². The molecule has 9 nitrogen and oxygen atoms in total. The molecule has 10 heteroatoms. The first-order valence-corrected chi connectivity index (χ1v) is 13.3. The molecule has 0 atom stereocenters. The quantitative estimate of drug-likeness (QED) is 0.482. The molecule has 35 heavy (non-hydrogen) atoms. The second-order valence-corrected chi connectivity index (χ2v) is 11.5. The number of carbonyl (C=O) groups is 2. The van der Waals surface area contributed by atoms with Crippen LogP contribution < -0.4 is 10.6 Å². The Morgan fingerprint density at radius 2 is 1.91 bits per heavy atom. The van der Waals surface area contributed by atoms with Crippen LogP contribution >= 0.6 is 0 Å². The molecule has 1 aromatic carbocycles. The van der Waals surface area contributed by atoms with Gasteiger partial charge >= 0.3 is 0 Å². The molecule has 0 saturated carbocycles. The van der Waals surface area contributed by atoms with Gasteiger partial charge in [0.25, 0.3) is 5.91 Å². The lowest BCUT2D eigenvalue weighted by molar-refractivity contribution is -0.120. The highest BCUT2D eigenvalue weighted by molar-refractivity contribution is 7.89. The van der Waals surface area contributed by atoms with E-state index in [-0.39, 0.29) is 23.1 Å². The number of sulfonamides is 1. The number of benzene rings is 1. The van der Waals surface area contributed by atoms with Gasteiger partial charge in [0.15, 0.2) is 0 Å². The summed E-state index contributed by atoms with van der Waals surface area (Å²) in [6.07, 6.45) is 4.43. The molecule has 188 valence electrons. The van der Waals surface area contributed by atoms with E-state index in [1.54, 1.807) is 12.1 Å². The van der Waals surface area contributed by atoms with Gasteiger partial charge in [-0.1, -0.05) is 0 Å². The van der Waals surface area contributed by atoms with Gasteiger partial charge in [-0.2, -0.15) is 0 Å². The van der Waals surface area contributed by atoms with Crippen molar-refractivity contribution >= 4 is 39.2 Å². The number of aromatic amines is 1. The number of likely N-dealkylation sites (tertiary alicyclic amines) is 1. The molecule has 2 aromatic rings. The zero-order chi connectivity index (χ0) is 25.3. The first kappa shape index (κ1) is 25.2. The summed E-state index contributed by atoms with van der Waals surface area (Å²) < 4.78 is 26.3. The number of aryl methyl sites for hydroxylation is 1. The first-order chi connectivity index (χ1) is 16.6.